The van der Waals surface area contributed by atoms with Crippen LogP contribution in [0, 0.1) is 13.8 Å². The Hall–Kier alpha value is -8.86. The molecule has 11 aromatic carbocycles. The summed E-state index contributed by atoms with van der Waals surface area (Å²) in [7, 11) is 0. The Morgan fingerprint density at radius 1 is 0.352 bits per heavy atom. The first-order valence-electron chi connectivity index (χ1n) is 24.6. The second-order valence-electron chi connectivity index (χ2n) is 19.2. The number of rotatable bonds is 9. The molecule has 0 spiro atoms. The summed E-state index contributed by atoms with van der Waals surface area (Å²) in [6.07, 6.45) is 0. The van der Waals surface area contributed by atoms with Crippen molar-refractivity contribution >= 4 is 99.5 Å². The van der Waals surface area contributed by atoms with Crippen LogP contribution in [-0.2, 0) is 0 Å². The van der Waals surface area contributed by atoms with E-state index in [0.29, 0.717) is 0 Å². The predicted octanol–water partition coefficient (Wildman–Crippen LogP) is 19.8. The minimum Gasteiger partial charge on any atom is -0.456 e. The van der Waals surface area contributed by atoms with Gasteiger partial charge in [-0.2, -0.15) is 0 Å². The van der Waals surface area contributed by atoms with Crippen molar-refractivity contribution in [3.8, 4) is 22.3 Å². The SMILES string of the molecule is Cc1ccccc1N(c1ccc2cc3c(cc2c1)oc1c(C(C)C)c2c(cc13)oc1cc3cc(N(c4ccccc4C)c4ccccc4-c4ccccc4)ccc3cc12)c1ccccc1-c1ccccc1. The molecule has 340 valence electrons. The van der Waals surface area contributed by atoms with E-state index in [2.05, 4.69) is 262 Å². The van der Waals surface area contributed by atoms with Gasteiger partial charge < -0.3 is 18.6 Å². The summed E-state index contributed by atoms with van der Waals surface area (Å²) >= 11 is 0. The molecule has 0 aliphatic rings. The molecule has 0 atom stereocenters. The molecule has 0 fully saturated rings. The number of nitrogens with zero attached hydrogens (tertiary/aromatic N) is 2. The van der Waals surface area contributed by atoms with Crippen LogP contribution in [0.3, 0.4) is 0 Å². The third-order valence-electron chi connectivity index (χ3n) is 14.4. The van der Waals surface area contributed by atoms with Crippen LogP contribution < -0.4 is 9.80 Å². The zero-order chi connectivity index (χ0) is 47.7. The maximum Gasteiger partial charge on any atom is 0.139 e. The molecule has 0 unspecified atom stereocenters. The zero-order valence-electron chi connectivity index (χ0n) is 40.2. The summed E-state index contributed by atoms with van der Waals surface area (Å²) in [6.45, 7) is 8.89. The number of benzene rings is 11. The summed E-state index contributed by atoms with van der Waals surface area (Å²) in [5.74, 6) is 0.168. The molecular weight excluding hydrogens is 865 g/mol. The first kappa shape index (κ1) is 42.3. The van der Waals surface area contributed by atoms with Crippen molar-refractivity contribution in [2.75, 3.05) is 9.80 Å². The Labute approximate surface area is 413 Å². The second kappa shape index (κ2) is 17.0. The van der Waals surface area contributed by atoms with Crippen LogP contribution in [0.1, 0.15) is 36.5 Å². The topological polar surface area (TPSA) is 32.8 Å². The van der Waals surface area contributed by atoms with Crippen LogP contribution in [-0.4, -0.2) is 0 Å². The Kier molecular flexibility index (Phi) is 10.1. The number of anilines is 6. The van der Waals surface area contributed by atoms with Crippen LogP contribution >= 0.6 is 0 Å². The van der Waals surface area contributed by atoms with Crippen LogP contribution in [0.4, 0.5) is 34.1 Å². The number of fused-ring (bicyclic) bond motifs is 8. The van der Waals surface area contributed by atoms with Crippen molar-refractivity contribution in [1.82, 2.24) is 0 Å². The largest absolute Gasteiger partial charge is 0.456 e. The van der Waals surface area contributed by atoms with Crippen molar-refractivity contribution in [3.63, 3.8) is 0 Å². The average Bonchev–Trinajstić information content (AvgIpc) is 3.94. The lowest BCUT2D eigenvalue weighted by atomic mass is 9.93. The highest BCUT2D eigenvalue weighted by atomic mass is 16.3. The van der Waals surface area contributed by atoms with Crippen LogP contribution in [0.15, 0.2) is 233 Å². The van der Waals surface area contributed by atoms with Gasteiger partial charge >= 0.3 is 0 Å². The van der Waals surface area contributed by atoms with Gasteiger partial charge in [-0.1, -0.05) is 159 Å². The van der Waals surface area contributed by atoms with Gasteiger partial charge in [-0.05, 0) is 142 Å². The van der Waals surface area contributed by atoms with Gasteiger partial charge in [0.05, 0.1) is 11.4 Å². The molecule has 4 nitrogen and oxygen atoms in total. The molecule has 0 amide bonds. The summed E-state index contributed by atoms with van der Waals surface area (Å²) < 4.78 is 14.0. The highest BCUT2D eigenvalue weighted by Gasteiger charge is 2.25. The fourth-order valence-electron chi connectivity index (χ4n) is 11.0. The van der Waals surface area contributed by atoms with E-state index in [9.17, 15) is 0 Å². The molecule has 2 aromatic heterocycles. The first-order chi connectivity index (χ1) is 34.9. The molecular formula is C67H50N2O2. The van der Waals surface area contributed by atoms with Crippen LogP contribution in [0.25, 0.3) is 87.7 Å². The van der Waals surface area contributed by atoms with E-state index in [1.54, 1.807) is 0 Å². The monoisotopic (exact) mass is 914 g/mol. The summed E-state index contributed by atoms with van der Waals surface area (Å²) in [5.41, 5.74) is 18.4. The quantitative estimate of drug-likeness (QED) is 0.144. The number of furan rings is 2. The molecule has 0 saturated heterocycles. The molecule has 0 radical (unpaired) electrons. The summed E-state index contributed by atoms with van der Waals surface area (Å²) in [5, 5.41) is 8.88. The standard InChI is InChI=1S/C67H50N2O2/c1-42(2)65-66-57-38-48-32-34-52(69(59-28-16-12-20-44(59)4)61-30-18-14-26-54(61)46-23-9-6-10-24-46)36-50(48)40-63(57)70-64(66)41-56-55-37-47-31-33-51(35-49(47)39-62(55)71-67(56)65)68(58-27-15-11-19-43(58)3)60-29-17-13-25-53(60)45-21-7-5-8-22-45/h5-42H,1-4H3. The number of hydrogen-bond acceptors (Lipinski definition) is 4. The van der Waals surface area contributed by atoms with E-state index < -0.39 is 0 Å². The van der Waals surface area contributed by atoms with Gasteiger partial charge in [0.2, 0.25) is 0 Å². The molecule has 71 heavy (non-hydrogen) atoms. The Morgan fingerprint density at radius 2 is 0.803 bits per heavy atom. The van der Waals surface area contributed by atoms with Crippen molar-refractivity contribution in [2.45, 2.75) is 33.6 Å². The van der Waals surface area contributed by atoms with Gasteiger partial charge in [-0.25, -0.2) is 0 Å². The minimum absolute atomic E-state index is 0.168. The van der Waals surface area contributed by atoms with Gasteiger partial charge in [0, 0.05) is 61.0 Å². The van der Waals surface area contributed by atoms with E-state index in [4.69, 9.17) is 8.83 Å². The normalized spacial score (nSPS) is 11.8. The van der Waals surface area contributed by atoms with Crippen molar-refractivity contribution < 1.29 is 8.83 Å². The Balaban J connectivity index is 0.947. The van der Waals surface area contributed by atoms with Crippen LogP contribution in [0.2, 0.25) is 0 Å². The lowest BCUT2D eigenvalue weighted by molar-refractivity contribution is 0.655. The molecule has 4 heteroatoms. The first-order valence-corrected chi connectivity index (χ1v) is 24.6. The number of hydrogen-bond donors (Lipinski definition) is 0. The van der Waals surface area contributed by atoms with Crippen molar-refractivity contribution in [3.05, 3.63) is 241 Å². The van der Waals surface area contributed by atoms with Crippen molar-refractivity contribution in [2.24, 2.45) is 0 Å². The lowest BCUT2D eigenvalue weighted by Crippen LogP contribution is -2.12. The molecule has 0 aliphatic heterocycles. The minimum atomic E-state index is 0.168. The second-order valence-corrected chi connectivity index (χ2v) is 19.2. The van der Waals surface area contributed by atoms with Crippen molar-refractivity contribution in [1.29, 1.82) is 0 Å². The van der Waals surface area contributed by atoms with Gasteiger partial charge in [0.15, 0.2) is 0 Å². The zero-order valence-corrected chi connectivity index (χ0v) is 40.2. The van der Waals surface area contributed by atoms with E-state index in [1.165, 1.54) is 38.9 Å². The van der Waals surface area contributed by atoms with E-state index in [1.807, 2.05) is 0 Å². The highest BCUT2D eigenvalue weighted by molar-refractivity contribution is 6.20. The molecule has 0 saturated carbocycles. The Bertz CT molecular complexity index is 4030. The molecule has 2 heterocycles. The Morgan fingerprint density at radius 3 is 1.31 bits per heavy atom. The maximum absolute atomic E-state index is 7.05. The van der Waals surface area contributed by atoms with E-state index in [-0.39, 0.29) is 5.92 Å². The van der Waals surface area contributed by atoms with Gasteiger partial charge in [0.25, 0.3) is 0 Å². The number of para-hydroxylation sites is 4. The molecule has 0 N–H and O–H groups in total. The van der Waals surface area contributed by atoms with Gasteiger partial charge in [0.1, 0.15) is 22.3 Å². The smallest absolute Gasteiger partial charge is 0.139 e. The maximum atomic E-state index is 7.05. The highest BCUT2D eigenvalue weighted by Crippen LogP contribution is 2.48. The van der Waals surface area contributed by atoms with Gasteiger partial charge in [-0.3, -0.25) is 0 Å². The lowest BCUT2D eigenvalue weighted by Gasteiger charge is -2.29. The van der Waals surface area contributed by atoms with E-state index >= 15 is 0 Å². The fourth-order valence-corrected chi connectivity index (χ4v) is 11.0. The van der Waals surface area contributed by atoms with Gasteiger partial charge in [-0.15, -0.1) is 0 Å². The van der Waals surface area contributed by atoms with Crippen LogP contribution in [0.5, 0.6) is 0 Å². The number of aryl methyl sites for hydroxylation is 2. The molecule has 0 aliphatic carbocycles. The fraction of sp³-hybridized carbons (Fsp3) is 0.0746. The third kappa shape index (κ3) is 7.13. The summed E-state index contributed by atoms with van der Waals surface area (Å²) in [4.78, 5) is 4.79. The molecule has 0 bridgehead atoms. The summed E-state index contributed by atoms with van der Waals surface area (Å²) in [6, 6.07) is 80.8. The van der Waals surface area contributed by atoms with E-state index in [0.717, 1.165) is 99.5 Å². The average molecular weight is 915 g/mol. The predicted molar refractivity (Wildman–Crippen MR) is 300 cm³/mol. The third-order valence-corrected chi connectivity index (χ3v) is 14.4. The molecule has 13 aromatic rings. The molecule has 13 rings (SSSR count).